The fourth-order valence-electron chi connectivity index (χ4n) is 1.57. The molecule has 1 rings (SSSR count). The van der Waals surface area contributed by atoms with Crippen molar-refractivity contribution in [2.24, 2.45) is 5.73 Å². The lowest BCUT2D eigenvalue weighted by atomic mass is 10.0. The summed E-state index contributed by atoms with van der Waals surface area (Å²) < 4.78 is 37.3. The molecule has 0 heterocycles. The van der Waals surface area contributed by atoms with E-state index in [1.165, 1.54) is 19.1 Å². The number of carbonyl (C=O) groups is 1. The Kier molecular flexibility index (Phi) is 5.23. The summed E-state index contributed by atoms with van der Waals surface area (Å²) in [5.74, 6) is -5.20. The first-order valence-corrected chi connectivity index (χ1v) is 5.97. The number of benzene rings is 1. The van der Waals surface area contributed by atoms with Crippen LogP contribution in [-0.2, 0) is 9.53 Å². The van der Waals surface area contributed by atoms with Gasteiger partial charge in [0, 0.05) is 5.56 Å². The maximum absolute atomic E-state index is 13.8. The molecule has 0 bridgehead atoms. The molecule has 0 fully saturated rings. The number of nitrogens with two attached hydrogens (primary N) is 1. The van der Waals surface area contributed by atoms with Gasteiger partial charge in [-0.3, -0.25) is 0 Å². The highest BCUT2D eigenvalue weighted by Crippen LogP contribution is 2.35. The average molecular weight is 273 g/mol. The largest absolute Gasteiger partial charge is 0.494 e. The van der Waals surface area contributed by atoms with E-state index in [9.17, 15) is 13.6 Å². The molecule has 0 unspecified atom stereocenters. The fraction of sp³-hybridized carbons (Fsp3) is 0.462. The molecular weight excluding hydrogens is 256 g/mol. The lowest BCUT2D eigenvalue weighted by Crippen LogP contribution is -2.41. The summed E-state index contributed by atoms with van der Waals surface area (Å²) in [5, 5.41) is 0. The molecule has 6 heteroatoms. The van der Waals surface area contributed by atoms with E-state index in [-0.39, 0.29) is 17.9 Å². The van der Waals surface area contributed by atoms with Crippen LogP contribution in [0.25, 0.3) is 0 Å². The number of ether oxygens (including phenoxy) is 2. The molecule has 2 N–H and O–H groups in total. The van der Waals surface area contributed by atoms with E-state index in [1.54, 1.807) is 19.1 Å². The Labute approximate surface area is 110 Å². The Balaban J connectivity index is 3.05. The van der Waals surface area contributed by atoms with Gasteiger partial charge < -0.3 is 15.2 Å². The minimum absolute atomic E-state index is 0.0717. The van der Waals surface area contributed by atoms with Crippen LogP contribution < -0.4 is 10.5 Å². The predicted molar refractivity (Wildman–Crippen MR) is 66.1 cm³/mol. The maximum Gasteiger partial charge on any atom is 0.379 e. The van der Waals surface area contributed by atoms with Crippen molar-refractivity contribution in [3.63, 3.8) is 0 Å². The zero-order chi connectivity index (χ0) is 14.5. The normalized spacial score (nSPS) is 12.9. The van der Waals surface area contributed by atoms with Gasteiger partial charge in [-0.25, -0.2) is 4.79 Å². The lowest BCUT2D eigenvalue weighted by molar-refractivity contribution is -0.174. The predicted octanol–water partition coefficient (Wildman–Crippen LogP) is 2.28. The molecule has 4 nitrogen and oxygen atoms in total. The Bertz CT molecular complexity index is 438. The third-order valence-electron chi connectivity index (χ3n) is 2.49. The van der Waals surface area contributed by atoms with Gasteiger partial charge in [0.15, 0.2) is 0 Å². The standard InChI is InChI=1S/C13H17F2NO3/c1-3-18-10-8-6-5-7-9(10)11(16)13(14,15)12(17)19-4-2/h5-8,11H,3-4,16H2,1-2H3/t11-/m0/s1. The van der Waals surface area contributed by atoms with Gasteiger partial charge >= 0.3 is 11.9 Å². The first-order valence-electron chi connectivity index (χ1n) is 5.97. The summed E-state index contributed by atoms with van der Waals surface area (Å²) in [4.78, 5) is 11.3. The first kappa shape index (κ1) is 15.4. The lowest BCUT2D eigenvalue weighted by Gasteiger charge is -2.23. The molecule has 0 saturated carbocycles. The molecule has 1 atom stereocenters. The van der Waals surface area contributed by atoms with Crippen LogP contribution in [0.15, 0.2) is 24.3 Å². The average Bonchev–Trinajstić information content (AvgIpc) is 2.39. The number of halogens is 2. The number of rotatable bonds is 6. The smallest absolute Gasteiger partial charge is 0.379 e. The SMILES string of the molecule is CCOC(=O)C(F)(F)[C@@H](N)c1ccccc1OCC. The Hall–Kier alpha value is -1.69. The quantitative estimate of drug-likeness (QED) is 0.808. The maximum atomic E-state index is 13.8. The summed E-state index contributed by atoms with van der Waals surface area (Å²) in [7, 11) is 0. The van der Waals surface area contributed by atoms with Crippen LogP contribution in [-0.4, -0.2) is 25.1 Å². The molecule has 0 amide bonds. The zero-order valence-electron chi connectivity index (χ0n) is 10.9. The van der Waals surface area contributed by atoms with Crippen molar-refractivity contribution in [1.82, 2.24) is 0 Å². The molecule has 1 aromatic rings. The zero-order valence-corrected chi connectivity index (χ0v) is 10.9. The molecule has 1 aromatic carbocycles. The number of hydrogen-bond donors (Lipinski definition) is 1. The molecule has 0 aliphatic rings. The van der Waals surface area contributed by atoms with E-state index in [4.69, 9.17) is 10.5 Å². The van der Waals surface area contributed by atoms with Crippen molar-refractivity contribution in [3.8, 4) is 5.75 Å². The molecule has 0 radical (unpaired) electrons. The Morgan fingerprint density at radius 1 is 1.32 bits per heavy atom. The van der Waals surface area contributed by atoms with Gasteiger partial charge in [0.05, 0.1) is 13.2 Å². The van der Waals surface area contributed by atoms with Gasteiger partial charge in [-0.05, 0) is 19.9 Å². The summed E-state index contributed by atoms with van der Waals surface area (Å²) in [6.07, 6.45) is 0. The molecule has 0 aliphatic carbocycles. The molecule has 0 aliphatic heterocycles. The number of esters is 1. The number of para-hydroxylation sites is 1. The van der Waals surface area contributed by atoms with Gasteiger partial charge in [-0.2, -0.15) is 8.78 Å². The number of alkyl halides is 2. The second-order valence-electron chi connectivity index (χ2n) is 3.79. The summed E-state index contributed by atoms with van der Waals surface area (Å²) in [5.41, 5.74) is 5.58. The third kappa shape index (κ3) is 3.41. The van der Waals surface area contributed by atoms with Gasteiger partial charge in [0.2, 0.25) is 0 Å². The van der Waals surface area contributed by atoms with Crippen molar-refractivity contribution < 1.29 is 23.0 Å². The molecule has 0 saturated heterocycles. The van der Waals surface area contributed by atoms with Crippen LogP contribution in [0, 0.1) is 0 Å². The second-order valence-corrected chi connectivity index (χ2v) is 3.79. The molecule has 0 aromatic heterocycles. The van der Waals surface area contributed by atoms with E-state index >= 15 is 0 Å². The minimum atomic E-state index is -3.80. The fourth-order valence-corrected chi connectivity index (χ4v) is 1.57. The van der Waals surface area contributed by atoms with Gasteiger partial charge in [0.1, 0.15) is 11.8 Å². The molecular formula is C13H17F2NO3. The van der Waals surface area contributed by atoms with Crippen LogP contribution >= 0.6 is 0 Å². The summed E-state index contributed by atoms with van der Waals surface area (Å²) >= 11 is 0. The van der Waals surface area contributed by atoms with E-state index in [1.807, 2.05) is 0 Å². The monoisotopic (exact) mass is 273 g/mol. The summed E-state index contributed by atoms with van der Waals surface area (Å²) in [6, 6.07) is 4.32. The highest BCUT2D eigenvalue weighted by atomic mass is 19.3. The van der Waals surface area contributed by atoms with Crippen LogP contribution in [0.3, 0.4) is 0 Å². The van der Waals surface area contributed by atoms with E-state index in [2.05, 4.69) is 4.74 Å². The Morgan fingerprint density at radius 2 is 1.95 bits per heavy atom. The van der Waals surface area contributed by atoms with Crippen molar-refractivity contribution in [1.29, 1.82) is 0 Å². The third-order valence-corrected chi connectivity index (χ3v) is 2.49. The van der Waals surface area contributed by atoms with Crippen LogP contribution in [0.2, 0.25) is 0 Å². The highest BCUT2D eigenvalue weighted by molar-refractivity contribution is 5.79. The van der Waals surface area contributed by atoms with Crippen LogP contribution in [0.4, 0.5) is 8.78 Å². The van der Waals surface area contributed by atoms with Crippen molar-refractivity contribution in [2.45, 2.75) is 25.8 Å². The topological polar surface area (TPSA) is 61.5 Å². The minimum Gasteiger partial charge on any atom is -0.494 e. The second kappa shape index (κ2) is 6.47. The highest BCUT2D eigenvalue weighted by Gasteiger charge is 2.48. The number of hydrogen-bond acceptors (Lipinski definition) is 4. The van der Waals surface area contributed by atoms with Crippen molar-refractivity contribution >= 4 is 5.97 Å². The summed E-state index contributed by atoms with van der Waals surface area (Å²) in [6.45, 7) is 3.36. The molecule has 0 spiro atoms. The van der Waals surface area contributed by atoms with Gasteiger partial charge in [-0.15, -0.1) is 0 Å². The van der Waals surface area contributed by atoms with E-state index in [0.717, 1.165) is 0 Å². The Morgan fingerprint density at radius 3 is 2.53 bits per heavy atom. The van der Waals surface area contributed by atoms with Crippen LogP contribution in [0.5, 0.6) is 5.75 Å². The van der Waals surface area contributed by atoms with Crippen LogP contribution in [0.1, 0.15) is 25.5 Å². The first-order chi connectivity index (χ1) is 8.95. The van der Waals surface area contributed by atoms with Gasteiger partial charge in [0.25, 0.3) is 0 Å². The van der Waals surface area contributed by atoms with Crippen molar-refractivity contribution in [2.75, 3.05) is 13.2 Å². The van der Waals surface area contributed by atoms with E-state index in [0.29, 0.717) is 6.61 Å². The number of carbonyl (C=O) groups excluding carboxylic acids is 1. The van der Waals surface area contributed by atoms with Gasteiger partial charge in [-0.1, -0.05) is 18.2 Å². The molecule has 106 valence electrons. The van der Waals surface area contributed by atoms with E-state index < -0.39 is 17.9 Å². The van der Waals surface area contributed by atoms with Crippen molar-refractivity contribution in [3.05, 3.63) is 29.8 Å². The molecule has 19 heavy (non-hydrogen) atoms.